The first-order valence-electron chi connectivity index (χ1n) is 8.88. The highest BCUT2D eigenvalue weighted by atomic mass is 16.5. The minimum absolute atomic E-state index is 0.0253. The maximum absolute atomic E-state index is 12.3. The van der Waals surface area contributed by atoms with Crippen LogP contribution in [0.15, 0.2) is 48.5 Å². The molecule has 0 saturated heterocycles. The minimum atomic E-state index is -0.0960. The van der Waals surface area contributed by atoms with Crippen LogP contribution in [-0.4, -0.2) is 39.7 Å². The number of carbonyl (C=O) groups excluding carboxylic acids is 1. The summed E-state index contributed by atoms with van der Waals surface area (Å²) >= 11 is 0. The number of methoxy groups -OCH3 is 1. The molecular formula is C20H22N4O3. The second-order valence-electron chi connectivity index (χ2n) is 6.02. The molecule has 3 rings (SSSR count). The molecule has 0 radical (unpaired) electrons. The minimum Gasteiger partial charge on any atom is -0.497 e. The monoisotopic (exact) mass is 366 g/mol. The fourth-order valence-electron chi connectivity index (χ4n) is 2.46. The van der Waals surface area contributed by atoms with Crippen molar-refractivity contribution in [3.63, 3.8) is 0 Å². The molecule has 1 heterocycles. The Labute approximate surface area is 157 Å². The van der Waals surface area contributed by atoms with Crippen LogP contribution < -0.4 is 9.47 Å². The largest absolute Gasteiger partial charge is 0.497 e. The molecule has 0 N–H and O–H groups in total. The second kappa shape index (κ2) is 8.93. The van der Waals surface area contributed by atoms with Crippen molar-refractivity contribution in [2.24, 2.45) is 0 Å². The number of benzene rings is 2. The molecule has 7 heteroatoms. The molecule has 0 spiro atoms. The van der Waals surface area contributed by atoms with Crippen LogP contribution in [-0.2, 0) is 6.54 Å². The molecule has 1 aromatic heterocycles. The first-order chi connectivity index (χ1) is 13.2. The highest BCUT2D eigenvalue weighted by Gasteiger charge is 2.11. The zero-order valence-electron chi connectivity index (χ0n) is 15.5. The summed E-state index contributed by atoms with van der Waals surface area (Å²) in [5.41, 5.74) is 1.39. The number of tetrazole rings is 1. The van der Waals surface area contributed by atoms with Gasteiger partial charge in [-0.15, -0.1) is 10.2 Å². The van der Waals surface area contributed by atoms with Gasteiger partial charge in [0.05, 0.1) is 13.7 Å². The van der Waals surface area contributed by atoms with Gasteiger partial charge in [0.2, 0.25) is 5.82 Å². The van der Waals surface area contributed by atoms with Gasteiger partial charge in [0.15, 0.2) is 5.78 Å². The summed E-state index contributed by atoms with van der Waals surface area (Å²) < 4.78 is 10.7. The number of nitrogens with zero attached hydrogens (tertiary/aromatic N) is 4. The van der Waals surface area contributed by atoms with E-state index in [1.165, 1.54) is 4.80 Å². The maximum Gasteiger partial charge on any atom is 0.204 e. The topological polar surface area (TPSA) is 79.1 Å². The first kappa shape index (κ1) is 18.6. The second-order valence-corrected chi connectivity index (χ2v) is 6.02. The molecule has 7 nitrogen and oxygen atoms in total. The number of rotatable bonds is 9. The van der Waals surface area contributed by atoms with E-state index in [1.807, 2.05) is 24.3 Å². The van der Waals surface area contributed by atoms with Crippen molar-refractivity contribution < 1.29 is 14.3 Å². The van der Waals surface area contributed by atoms with E-state index in [-0.39, 0.29) is 12.3 Å². The van der Waals surface area contributed by atoms with Crippen molar-refractivity contribution in [2.45, 2.75) is 26.3 Å². The molecule has 0 amide bonds. The number of unbranched alkanes of at least 4 members (excludes halogenated alkanes) is 1. The predicted octanol–water partition coefficient (Wildman–Crippen LogP) is 3.41. The molecular weight excluding hydrogens is 344 g/mol. The van der Waals surface area contributed by atoms with Crippen molar-refractivity contribution in [3.8, 4) is 22.9 Å². The molecule has 0 atom stereocenters. The summed E-state index contributed by atoms with van der Waals surface area (Å²) in [4.78, 5) is 13.6. The number of Topliss-reactive ketones (excluding diaryl/α,β-unsaturated/α-hetero) is 1. The van der Waals surface area contributed by atoms with Gasteiger partial charge in [-0.3, -0.25) is 4.79 Å². The van der Waals surface area contributed by atoms with Crippen LogP contribution in [0.3, 0.4) is 0 Å². The van der Waals surface area contributed by atoms with E-state index >= 15 is 0 Å². The molecule has 27 heavy (non-hydrogen) atoms. The summed E-state index contributed by atoms with van der Waals surface area (Å²) in [7, 11) is 1.58. The summed E-state index contributed by atoms with van der Waals surface area (Å²) in [5.74, 6) is 1.89. The molecule has 0 aliphatic heterocycles. The number of ketones is 1. The number of carbonyl (C=O) groups is 1. The van der Waals surface area contributed by atoms with E-state index < -0.39 is 0 Å². The normalized spacial score (nSPS) is 10.6. The zero-order chi connectivity index (χ0) is 19.1. The molecule has 0 aliphatic carbocycles. The third-order valence-electron chi connectivity index (χ3n) is 4.03. The van der Waals surface area contributed by atoms with Gasteiger partial charge in [0.25, 0.3) is 0 Å². The van der Waals surface area contributed by atoms with Crippen molar-refractivity contribution in [1.82, 2.24) is 20.2 Å². The van der Waals surface area contributed by atoms with E-state index in [4.69, 9.17) is 9.47 Å². The van der Waals surface area contributed by atoms with E-state index in [1.54, 1.807) is 31.4 Å². The van der Waals surface area contributed by atoms with Crippen LogP contribution in [0.1, 0.15) is 30.1 Å². The Bertz CT molecular complexity index is 873. The fourth-order valence-corrected chi connectivity index (χ4v) is 2.46. The molecule has 0 unspecified atom stereocenters. The van der Waals surface area contributed by atoms with Crippen LogP contribution in [0, 0.1) is 0 Å². The Hall–Kier alpha value is -3.22. The Morgan fingerprint density at radius 3 is 2.41 bits per heavy atom. The van der Waals surface area contributed by atoms with Crippen LogP contribution in [0.4, 0.5) is 0 Å². The Kier molecular flexibility index (Phi) is 6.14. The summed E-state index contributed by atoms with van der Waals surface area (Å²) in [6.07, 6.45) is 2.13. The molecule has 140 valence electrons. The molecule has 0 fully saturated rings. The summed E-state index contributed by atoms with van der Waals surface area (Å²) in [5, 5.41) is 12.3. The van der Waals surface area contributed by atoms with Crippen LogP contribution in [0.2, 0.25) is 0 Å². The number of ether oxygens (including phenoxy) is 2. The lowest BCUT2D eigenvalue weighted by Crippen LogP contribution is -2.13. The van der Waals surface area contributed by atoms with Gasteiger partial charge in [-0.05, 0) is 60.2 Å². The Morgan fingerprint density at radius 1 is 1.04 bits per heavy atom. The highest BCUT2D eigenvalue weighted by Crippen LogP contribution is 2.19. The van der Waals surface area contributed by atoms with Gasteiger partial charge in [0, 0.05) is 11.1 Å². The number of aromatic nitrogens is 4. The van der Waals surface area contributed by atoms with Crippen molar-refractivity contribution in [3.05, 3.63) is 54.1 Å². The van der Waals surface area contributed by atoms with Gasteiger partial charge < -0.3 is 9.47 Å². The molecule has 0 aliphatic rings. The lowest BCUT2D eigenvalue weighted by atomic mass is 10.1. The molecule has 2 aromatic carbocycles. The van der Waals surface area contributed by atoms with Gasteiger partial charge in [-0.1, -0.05) is 13.3 Å². The van der Waals surface area contributed by atoms with Gasteiger partial charge in [-0.25, -0.2) is 0 Å². The fraction of sp³-hybridized carbons (Fsp3) is 0.300. The van der Waals surface area contributed by atoms with Gasteiger partial charge >= 0.3 is 0 Å². The van der Waals surface area contributed by atoms with Gasteiger partial charge in [0.1, 0.15) is 18.0 Å². The smallest absolute Gasteiger partial charge is 0.204 e. The number of hydrogen-bond donors (Lipinski definition) is 0. The van der Waals surface area contributed by atoms with E-state index in [0.29, 0.717) is 23.7 Å². The van der Waals surface area contributed by atoms with Crippen LogP contribution >= 0.6 is 0 Å². The maximum atomic E-state index is 12.3. The Morgan fingerprint density at radius 2 is 1.74 bits per heavy atom. The highest BCUT2D eigenvalue weighted by molar-refractivity contribution is 5.95. The molecule has 0 bridgehead atoms. The molecule has 0 saturated carbocycles. The van der Waals surface area contributed by atoms with Crippen molar-refractivity contribution >= 4 is 5.78 Å². The van der Waals surface area contributed by atoms with Crippen molar-refractivity contribution in [1.29, 1.82) is 0 Å². The lowest BCUT2D eigenvalue weighted by Gasteiger charge is -2.05. The zero-order valence-corrected chi connectivity index (χ0v) is 15.5. The SMILES string of the molecule is CCCCOc1ccc(-c2nnn(CC(=O)c3ccc(OC)cc3)n2)cc1. The van der Waals surface area contributed by atoms with E-state index in [0.717, 1.165) is 24.2 Å². The quantitative estimate of drug-likeness (QED) is 0.426. The predicted molar refractivity (Wildman–Crippen MR) is 101 cm³/mol. The average Bonchev–Trinajstić information content (AvgIpc) is 3.17. The summed E-state index contributed by atoms with van der Waals surface area (Å²) in [6, 6.07) is 14.5. The first-order valence-corrected chi connectivity index (χ1v) is 8.88. The lowest BCUT2D eigenvalue weighted by molar-refractivity contribution is 0.0961. The van der Waals surface area contributed by atoms with Gasteiger partial charge in [-0.2, -0.15) is 4.80 Å². The Balaban J connectivity index is 1.62. The average molecular weight is 366 g/mol. The van der Waals surface area contributed by atoms with Crippen LogP contribution in [0.5, 0.6) is 11.5 Å². The third kappa shape index (κ3) is 4.91. The number of hydrogen-bond acceptors (Lipinski definition) is 6. The third-order valence-corrected chi connectivity index (χ3v) is 4.03. The summed E-state index contributed by atoms with van der Waals surface area (Å²) in [6.45, 7) is 2.86. The van der Waals surface area contributed by atoms with E-state index in [2.05, 4.69) is 22.3 Å². The van der Waals surface area contributed by atoms with E-state index in [9.17, 15) is 4.79 Å². The molecule has 3 aromatic rings. The van der Waals surface area contributed by atoms with Crippen LogP contribution in [0.25, 0.3) is 11.4 Å². The standard InChI is InChI=1S/C20H22N4O3/c1-3-4-13-27-18-11-7-16(8-12-18)20-21-23-24(22-20)14-19(25)15-5-9-17(26-2)10-6-15/h5-12H,3-4,13-14H2,1-2H3. The van der Waals surface area contributed by atoms with Crippen molar-refractivity contribution in [2.75, 3.05) is 13.7 Å².